The third-order valence-electron chi connectivity index (χ3n) is 2.78. The number of benzene rings is 1. The molecule has 0 unspecified atom stereocenters. The Hall–Kier alpha value is -1.29. The van der Waals surface area contributed by atoms with Gasteiger partial charge in [0.05, 0.1) is 12.9 Å². The van der Waals surface area contributed by atoms with E-state index in [2.05, 4.69) is 4.74 Å². The minimum absolute atomic E-state index is 0.125. The van der Waals surface area contributed by atoms with E-state index in [-0.39, 0.29) is 11.5 Å². The van der Waals surface area contributed by atoms with Crippen molar-refractivity contribution in [3.05, 3.63) is 29.8 Å². The number of carbonyl (C=O) groups excluding carboxylic acids is 2. The molecular weight excluding hydrogens is 248 g/mol. The number of Topliss-reactive ketones (excluding diaryl/α,β-unsaturated/α-hetero) is 1. The highest BCUT2D eigenvalue weighted by Gasteiger charge is 2.36. The van der Waals surface area contributed by atoms with Gasteiger partial charge in [0.15, 0.2) is 5.78 Å². The molecule has 0 aliphatic carbocycles. The van der Waals surface area contributed by atoms with Gasteiger partial charge in [0, 0.05) is 4.90 Å². The van der Waals surface area contributed by atoms with Crippen molar-refractivity contribution in [3.63, 3.8) is 0 Å². The second kappa shape index (κ2) is 6.05. The van der Waals surface area contributed by atoms with Crippen molar-refractivity contribution >= 4 is 23.5 Å². The van der Waals surface area contributed by atoms with Gasteiger partial charge in [0.1, 0.15) is 5.41 Å². The molecule has 0 fully saturated rings. The normalized spacial score (nSPS) is 11.1. The minimum Gasteiger partial charge on any atom is -0.468 e. The SMILES string of the molecule is COC(=O)C(C)(C)C(=O)CSc1ccc(C)cc1. The van der Waals surface area contributed by atoms with E-state index in [1.165, 1.54) is 24.4 Å². The van der Waals surface area contributed by atoms with Gasteiger partial charge < -0.3 is 4.74 Å². The zero-order valence-corrected chi connectivity index (χ0v) is 12.0. The van der Waals surface area contributed by atoms with E-state index in [9.17, 15) is 9.59 Å². The molecule has 0 amide bonds. The maximum Gasteiger partial charge on any atom is 0.318 e. The average molecular weight is 266 g/mol. The topological polar surface area (TPSA) is 43.4 Å². The lowest BCUT2D eigenvalue weighted by atomic mass is 9.89. The van der Waals surface area contributed by atoms with Crippen LogP contribution >= 0.6 is 11.8 Å². The van der Waals surface area contributed by atoms with Crippen molar-refractivity contribution in [1.29, 1.82) is 0 Å². The van der Waals surface area contributed by atoms with E-state index < -0.39 is 11.4 Å². The van der Waals surface area contributed by atoms with Crippen LogP contribution in [0.25, 0.3) is 0 Å². The third-order valence-corrected chi connectivity index (χ3v) is 3.80. The molecule has 1 rings (SSSR count). The Kier molecular flexibility index (Phi) is 4.96. The molecule has 0 heterocycles. The van der Waals surface area contributed by atoms with E-state index in [1.807, 2.05) is 31.2 Å². The largest absolute Gasteiger partial charge is 0.468 e. The summed E-state index contributed by atoms with van der Waals surface area (Å²) in [5.74, 6) is -0.345. The highest BCUT2D eigenvalue weighted by atomic mass is 32.2. The fourth-order valence-electron chi connectivity index (χ4n) is 1.33. The highest BCUT2D eigenvalue weighted by molar-refractivity contribution is 8.00. The van der Waals surface area contributed by atoms with Crippen molar-refractivity contribution in [2.45, 2.75) is 25.7 Å². The zero-order valence-electron chi connectivity index (χ0n) is 11.1. The average Bonchev–Trinajstić information content (AvgIpc) is 2.36. The van der Waals surface area contributed by atoms with Crippen LogP contribution in [-0.2, 0) is 14.3 Å². The molecule has 0 aliphatic rings. The molecule has 0 spiro atoms. The number of esters is 1. The predicted molar refractivity (Wildman–Crippen MR) is 72.7 cm³/mol. The lowest BCUT2D eigenvalue weighted by Crippen LogP contribution is -2.35. The number of hydrogen-bond donors (Lipinski definition) is 0. The van der Waals surface area contributed by atoms with Crippen LogP contribution in [-0.4, -0.2) is 24.6 Å². The summed E-state index contributed by atoms with van der Waals surface area (Å²) in [6, 6.07) is 7.94. The summed E-state index contributed by atoms with van der Waals surface area (Å²) >= 11 is 1.43. The first kappa shape index (κ1) is 14.8. The van der Waals surface area contributed by atoms with Crippen LogP contribution in [0.15, 0.2) is 29.2 Å². The molecule has 98 valence electrons. The molecule has 0 bridgehead atoms. The molecule has 3 nitrogen and oxygen atoms in total. The molecule has 0 saturated carbocycles. The fraction of sp³-hybridized carbons (Fsp3) is 0.429. The zero-order chi connectivity index (χ0) is 13.8. The summed E-state index contributed by atoms with van der Waals surface area (Å²) in [4.78, 5) is 24.5. The van der Waals surface area contributed by atoms with Crippen molar-refractivity contribution in [3.8, 4) is 0 Å². The van der Waals surface area contributed by atoms with E-state index in [0.29, 0.717) is 0 Å². The molecular formula is C14H18O3S. The van der Waals surface area contributed by atoms with E-state index in [0.717, 1.165) is 4.90 Å². The van der Waals surface area contributed by atoms with Crippen LogP contribution in [0.5, 0.6) is 0 Å². The lowest BCUT2D eigenvalue weighted by Gasteiger charge is -2.19. The van der Waals surface area contributed by atoms with E-state index in [4.69, 9.17) is 0 Å². The monoisotopic (exact) mass is 266 g/mol. The first-order valence-corrected chi connectivity index (χ1v) is 6.67. The molecule has 0 radical (unpaired) electrons. The number of carbonyl (C=O) groups is 2. The first-order valence-electron chi connectivity index (χ1n) is 5.69. The van der Waals surface area contributed by atoms with Gasteiger partial charge in [-0.25, -0.2) is 0 Å². The fourth-order valence-corrected chi connectivity index (χ4v) is 2.32. The first-order chi connectivity index (χ1) is 8.37. The Morgan fingerprint density at radius 1 is 1.22 bits per heavy atom. The molecule has 0 saturated heterocycles. The summed E-state index contributed by atoms with van der Waals surface area (Å²) < 4.78 is 4.63. The third kappa shape index (κ3) is 3.60. The standard InChI is InChI=1S/C14H18O3S/c1-10-5-7-11(8-6-10)18-9-12(15)14(2,3)13(16)17-4/h5-8H,9H2,1-4H3. The van der Waals surface area contributed by atoms with Gasteiger partial charge in [-0.3, -0.25) is 9.59 Å². The maximum absolute atomic E-state index is 12.0. The number of aryl methyl sites for hydroxylation is 1. The lowest BCUT2D eigenvalue weighted by molar-refractivity contribution is -0.154. The number of methoxy groups -OCH3 is 1. The van der Waals surface area contributed by atoms with Gasteiger partial charge >= 0.3 is 5.97 Å². The van der Waals surface area contributed by atoms with Crippen LogP contribution in [0.4, 0.5) is 0 Å². The highest BCUT2D eigenvalue weighted by Crippen LogP contribution is 2.25. The number of rotatable bonds is 5. The van der Waals surface area contributed by atoms with E-state index in [1.54, 1.807) is 13.8 Å². The van der Waals surface area contributed by atoms with Crippen LogP contribution in [0.2, 0.25) is 0 Å². The summed E-state index contributed by atoms with van der Waals surface area (Å²) in [5.41, 5.74) is 0.104. The quantitative estimate of drug-likeness (QED) is 0.467. The Morgan fingerprint density at radius 3 is 2.28 bits per heavy atom. The summed E-state index contributed by atoms with van der Waals surface area (Å²) in [5, 5.41) is 0. The van der Waals surface area contributed by atoms with Gasteiger partial charge in [-0.2, -0.15) is 0 Å². The van der Waals surface area contributed by atoms with E-state index >= 15 is 0 Å². The second-order valence-corrected chi connectivity index (χ2v) is 5.69. The Balaban J connectivity index is 2.61. The van der Waals surface area contributed by atoms with Gasteiger partial charge in [0.25, 0.3) is 0 Å². The van der Waals surface area contributed by atoms with Crippen LogP contribution in [0, 0.1) is 12.3 Å². The molecule has 0 aliphatic heterocycles. The molecule has 0 atom stereocenters. The van der Waals surface area contributed by atoms with Crippen LogP contribution < -0.4 is 0 Å². The number of ketones is 1. The Labute approximate surface area is 112 Å². The van der Waals surface area contributed by atoms with Crippen LogP contribution in [0.1, 0.15) is 19.4 Å². The van der Waals surface area contributed by atoms with Gasteiger partial charge in [-0.05, 0) is 32.9 Å². The van der Waals surface area contributed by atoms with Crippen LogP contribution in [0.3, 0.4) is 0 Å². The Bertz CT molecular complexity index is 435. The van der Waals surface area contributed by atoms with Gasteiger partial charge in [0.2, 0.25) is 0 Å². The number of ether oxygens (including phenoxy) is 1. The Morgan fingerprint density at radius 2 is 1.78 bits per heavy atom. The number of hydrogen-bond acceptors (Lipinski definition) is 4. The predicted octanol–water partition coefficient (Wildman–Crippen LogP) is 2.86. The summed E-state index contributed by atoms with van der Waals surface area (Å²) in [6.45, 7) is 5.20. The number of thioether (sulfide) groups is 1. The smallest absolute Gasteiger partial charge is 0.318 e. The molecule has 1 aromatic carbocycles. The minimum atomic E-state index is -1.08. The molecule has 1 aromatic rings. The summed E-state index contributed by atoms with van der Waals surface area (Å²) in [7, 11) is 1.30. The van der Waals surface area contributed by atoms with Crippen molar-refractivity contribution in [1.82, 2.24) is 0 Å². The molecule has 0 N–H and O–H groups in total. The molecule has 0 aromatic heterocycles. The van der Waals surface area contributed by atoms with Gasteiger partial charge in [-0.1, -0.05) is 17.7 Å². The second-order valence-electron chi connectivity index (χ2n) is 4.64. The van der Waals surface area contributed by atoms with Crippen molar-refractivity contribution < 1.29 is 14.3 Å². The van der Waals surface area contributed by atoms with Gasteiger partial charge in [-0.15, -0.1) is 11.8 Å². The van der Waals surface area contributed by atoms with Crippen molar-refractivity contribution in [2.24, 2.45) is 5.41 Å². The maximum atomic E-state index is 12.0. The van der Waals surface area contributed by atoms with Crippen molar-refractivity contribution in [2.75, 3.05) is 12.9 Å². The molecule has 4 heteroatoms. The molecule has 18 heavy (non-hydrogen) atoms. The summed E-state index contributed by atoms with van der Waals surface area (Å²) in [6.07, 6.45) is 0.